The third-order valence-electron chi connectivity index (χ3n) is 3.31. The molecule has 1 amide bonds. The molecule has 1 heterocycles. The van der Waals surface area contributed by atoms with Crippen LogP contribution >= 0.6 is 0 Å². The molecule has 1 fully saturated rings. The second-order valence-electron chi connectivity index (χ2n) is 4.86. The lowest BCUT2D eigenvalue weighted by atomic mass is 10.1. The van der Waals surface area contributed by atoms with E-state index in [-0.39, 0.29) is 18.7 Å². The second-order valence-corrected chi connectivity index (χ2v) is 7.09. The molecule has 1 saturated heterocycles. The van der Waals surface area contributed by atoms with Gasteiger partial charge < -0.3 is 10.0 Å². The van der Waals surface area contributed by atoms with Crippen LogP contribution in [-0.2, 0) is 25.8 Å². The van der Waals surface area contributed by atoms with E-state index in [1.54, 1.807) is 0 Å². The Labute approximate surface area is 121 Å². The molecule has 1 aromatic rings. The van der Waals surface area contributed by atoms with Crippen LogP contribution < -0.4 is 0 Å². The summed E-state index contributed by atoms with van der Waals surface area (Å²) in [6.45, 7) is -0.140. The van der Waals surface area contributed by atoms with E-state index in [9.17, 15) is 22.4 Å². The van der Waals surface area contributed by atoms with E-state index in [1.807, 2.05) is 0 Å². The van der Waals surface area contributed by atoms with Crippen molar-refractivity contribution in [1.29, 1.82) is 0 Å². The van der Waals surface area contributed by atoms with Crippen LogP contribution in [0.5, 0.6) is 0 Å². The summed E-state index contributed by atoms with van der Waals surface area (Å²) in [4.78, 5) is 24.4. The molecule has 2 rings (SSSR count). The number of halogens is 1. The number of carbonyl (C=O) groups excluding carboxylic acids is 1. The lowest BCUT2D eigenvalue weighted by Gasteiger charge is -2.32. The van der Waals surface area contributed by atoms with Crippen LogP contribution in [0.15, 0.2) is 24.3 Å². The third-order valence-corrected chi connectivity index (χ3v) is 4.93. The highest BCUT2D eigenvalue weighted by molar-refractivity contribution is 7.91. The largest absolute Gasteiger partial charge is 0.480 e. The van der Waals surface area contributed by atoms with Crippen molar-refractivity contribution in [1.82, 2.24) is 4.90 Å². The molecule has 0 bridgehead atoms. The van der Waals surface area contributed by atoms with E-state index >= 15 is 0 Å². The Balaban J connectivity index is 2.13. The van der Waals surface area contributed by atoms with Crippen molar-refractivity contribution in [2.24, 2.45) is 0 Å². The Kier molecular flexibility index (Phi) is 4.26. The first-order valence-corrected chi connectivity index (χ1v) is 8.08. The maximum absolute atomic E-state index is 12.8. The Morgan fingerprint density at radius 2 is 1.90 bits per heavy atom. The van der Waals surface area contributed by atoms with Crippen LogP contribution in [0.3, 0.4) is 0 Å². The Morgan fingerprint density at radius 3 is 2.48 bits per heavy atom. The summed E-state index contributed by atoms with van der Waals surface area (Å²) in [7, 11) is -3.45. The van der Waals surface area contributed by atoms with Crippen molar-refractivity contribution < 1.29 is 27.5 Å². The molecule has 0 aromatic heterocycles. The number of nitrogens with zero attached hydrogens (tertiary/aromatic N) is 1. The number of rotatable bonds is 3. The average molecular weight is 315 g/mol. The van der Waals surface area contributed by atoms with E-state index in [0.29, 0.717) is 5.56 Å². The highest BCUT2D eigenvalue weighted by atomic mass is 32.2. The van der Waals surface area contributed by atoms with Gasteiger partial charge in [0.15, 0.2) is 9.84 Å². The van der Waals surface area contributed by atoms with Gasteiger partial charge in [-0.25, -0.2) is 17.6 Å². The topological polar surface area (TPSA) is 91.8 Å². The van der Waals surface area contributed by atoms with Crippen molar-refractivity contribution in [3.63, 3.8) is 0 Å². The summed E-state index contributed by atoms with van der Waals surface area (Å²) in [6.07, 6.45) is -0.0931. The van der Waals surface area contributed by atoms with Crippen LogP contribution in [0, 0.1) is 5.82 Å². The lowest BCUT2D eigenvalue weighted by Crippen LogP contribution is -2.55. The molecule has 114 valence electrons. The van der Waals surface area contributed by atoms with E-state index in [1.165, 1.54) is 24.3 Å². The molecule has 0 aliphatic carbocycles. The van der Waals surface area contributed by atoms with Gasteiger partial charge in [0, 0.05) is 6.54 Å². The van der Waals surface area contributed by atoms with Crippen LogP contribution in [0.4, 0.5) is 4.39 Å². The molecule has 1 N–H and O–H groups in total. The Bertz CT molecular complexity index is 656. The minimum Gasteiger partial charge on any atom is -0.480 e. The first kappa shape index (κ1) is 15.4. The summed E-state index contributed by atoms with van der Waals surface area (Å²) < 4.78 is 35.8. The summed E-state index contributed by atoms with van der Waals surface area (Å²) in [6, 6.07) is 3.92. The molecule has 0 spiro atoms. The molecule has 0 saturated carbocycles. The van der Waals surface area contributed by atoms with Crippen molar-refractivity contribution >= 4 is 21.7 Å². The molecule has 1 aliphatic rings. The molecule has 21 heavy (non-hydrogen) atoms. The van der Waals surface area contributed by atoms with E-state index < -0.39 is 39.3 Å². The van der Waals surface area contributed by atoms with Crippen LogP contribution in [0.1, 0.15) is 5.56 Å². The van der Waals surface area contributed by atoms with Crippen molar-refractivity contribution in [2.75, 3.05) is 18.1 Å². The normalized spacial score (nSPS) is 21.0. The molecule has 8 heteroatoms. The molecule has 1 atom stereocenters. The first-order valence-electron chi connectivity index (χ1n) is 6.25. The fraction of sp³-hybridized carbons (Fsp3) is 0.385. The molecule has 1 aliphatic heterocycles. The fourth-order valence-corrected chi connectivity index (χ4v) is 3.63. The number of carboxylic acid groups (broad SMARTS) is 1. The SMILES string of the molecule is O=C(O)C1CS(=O)(=O)CCN1C(=O)Cc1ccc(F)cc1. The van der Waals surface area contributed by atoms with Crippen LogP contribution in [-0.4, -0.2) is 54.4 Å². The number of amides is 1. The number of carboxylic acids is 1. The number of aliphatic carboxylic acids is 1. The first-order chi connectivity index (χ1) is 9.78. The number of sulfone groups is 1. The van der Waals surface area contributed by atoms with Gasteiger partial charge in [-0.05, 0) is 17.7 Å². The van der Waals surface area contributed by atoms with Gasteiger partial charge in [-0.15, -0.1) is 0 Å². The van der Waals surface area contributed by atoms with Gasteiger partial charge in [-0.2, -0.15) is 0 Å². The Morgan fingerprint density at radius 1 is 1.29 bits per heavy atom. The fourth-order valence-electron chi connectivity index (χ4n) is 2.19. The van der Waals surface area contributed by atoms with Crippen molar-refractivity contribution in [3.8, 4) is 0 Å². The van der Waals surface area contributed by atoms with Gasteiger partial charge in [0.05, 0.1) is 17.9 Å². The van der Waals surface area contributed by atoms with Gasteiger partial charge in [0.2, 0.25) is 5.91 Å². The zero-order valence-corrected chi connectivity index (χ0v) is 11.8. The van der Waals surface area contributed by atoms with Crippen LogP contribution in [0.2, 0.25) is 0 Å². The maximum Gasteiger partial charge on any atom is 0.327 e. The van der Waals surface area contributed by atoms with Gasteiger partial charge in [0.25, 0.3) is 0 Å². The zero-order chi connectivity index (χ0) is 15.6. The number of hydrogen-bond acceptors (Lipinski definition) is 4. The predicted octanol–water partition coefficient (Wildman–Crippen LogP) is 0.0784. The summed E-state index contributed by atoms with van der Waals surface area (Å²) in [5.74, 6) is -3.07. The molecular formula is C13H14FNO5S. The standard InChI is InChI=1S/C13H14FNO5S/c14-10-3-1-9(2-4-10)7-12(16)15-5-6-21(19,20)8-11(15)13(17)18/h1-4,11H,5-8H2,(H,17,18). The quantitative estimate of drug-likeness (QED) is 0.853. The number of carbonyl (C=O) groups is 2. The molecule has 0 radical (unpaired) electrons. The third kappa shape index (κ3) is 3.78. The average Bonchev–Trinajstić information content (AvgIpc) is 2.40. The number of benzene rings is 1. The minimum absolute atomic E-state index is 0.0931. The van der Waals surface area contributed by atoms with Crippen LogP contribution in [0.25, 0.3) is 0 Å². The zero-order valence-electron chi connectivity index (χ0n) is 11.0. The highest BCUT2D eigenvalue weighted by Crippen LogP contribution is 2.15. The van der Waals surface area contributed by atoms with E-state index in [2.05, 4.69) is 0 Å². The molecule has 1 aromatic carbocycles. The van der Waals surface area contributed by atoms with Crippen molar-refractivity contribution in [2.45, 2.75) is 12.5 Å². The molecule has 1 unspecified atom stereocenters. The summed E-state index contributed by atoms with van der Waals surface area (Å²) >= 11 is 0. The van der Waals surface area contributed by atoms with E-state index in [0.717, 1.165) is 4.90 Å². The summed E-state index contributed by atoms with van der Waals surface area (Å²) in [5.41, 5.74) is 0.541. The number of hydrogen-bond donors (Lipinski definition) is 1. The predicted molar refractivity (Wildman–Crippen MR) is 71.9 cm³/mol. The minimum atomic E-state index is -3.45. The molecular weight excluding hydrogens is 301 g/mol. The monoisotopic (exact) mass is 315 g/mol. The van der Waals surface area contributed by atoms with Gasteiger partial charge >= 0.3 is 5.97 Å². The highest BCUT2D eigenvalue weighted by Gasteiger charge is 2.38. The summed E-state index contributed by atoms with van der Waals surface area (Å²) in [5, 5.41) is 9.08. The molecule has 6 nitrogen and oxygen atoms in total. The van der Waals surface area contributed by atoms with Gasteiger partial charge in [0.1, 0.15) is 11.9 Å². The van der Waals surface area contributed by atoms with Crippen molar-refractivity contribution in [3.05, 3.63) is 35.6 Å². The smallest absolute Gasteiger partial charge is 0.327 e. The van der Waals surface area contributed by atoms with Gasteiger partial charge in [-0.1, -0.05) is 12.1 Å². The second kappa shape index (κ2) is 5.80. The van der Waals surface area contributed by atoms with Gasteiger partial charge in [-0.3, -0.25) is 4.79 Å². The Hall–Kier alpha value is -1.96. The maximum atomic E-state index is 12.8. The lowest BCUT2D eigenvalue weighted by molar-refractivity contribution is -0.149. The van der Waals surface area contributed by atoms with E-state index in [4.69, 9.17) is 5.11 Å².